The summed E-state index contributed by atoms with van der Waals surface area (Å²) in [6.45, 7) is 0.520. The van der Waals surface area contributed by atoms with Crippen molar-refractivity contribution in [2.75, 3.05) is 37.1 Å². The standard InChI is InChI=1S/C23H24F3N3O3S/c1-4-33(30,31)17-10-11-20(22(14-17)32-3)28-12-6-7-16-13-18-19(27-2)8-5-9-21(18)29(16)15-23(24,25)26/h5,8-11,13-14,27-28H,4,12,15H2,1-3H3. The number of fused-ring (bicyclic) bond motifs is 1. The summed E-state index contributed by atoms with van der Waals surface area (Å²) in [6.07, 6.45) is -4.40. The molecule has 33 heavy (non-hydrogen) atoms. The number of hydrogen-bond acceptors (Lipinski definition) is 5. The van der Waals surface area contributed by atoms with E-state index in [1.807, 2.05) is 0 Å². The Balaban J connectivity index is 1.88. The van der Waals surface area contributed by atoms with Crippen molar-refractivity contribution in [3.05, 3.63) is 48.2 Å². The summed E-state index contributed by atoms with van der Waals surface area (Å²) >= 11 is 0. The van der Waals surface area contributed by atoms with E-state index in [0.29, 0.717) is 28.0 Å². The molecule has 0 spiro atoms. The average molecular weight is 480 g/mol. The van der Waals surface area contributed by atoms with Crippen LogP contribution in [-0.4, -0.2) is 45.6 Å². The van der Waals surface area contributed by atoms with Crippen LogP contribution in [0, 0.1) is 11.8 Å². The highest BCUT2D eigenvalue weighted by Gasteiger charge is 2.29. The number of benzene rings is 2. The summed E-state index contributed by atoms with van der Waals surface area (Å²) in [4.78, 5) is 0.149. The number of halogens is 3. The van der Waals surface area contributed by atoms with Crippen LogP contribution in [0.5, 0.6) is 5.75 Å². The summed E-state index contributed by atoms with van der Waals surface area (Å²) in [5.41, 5.74) is 1.91. The third-order valence-electron chi connectivity index (χ3n) is 5.05. The topological polar surface area (TPSA) is 72.4 Å². The minimum absolute atomic E-state index is 0.0321. The van der Waals surface area contributed by atoms with Crippen molar-refractivity contribution >= 4 is 32.1 Å². The van der Waals surface area contributed by atoms with Gasteiger partial charge in [0, 0.05) is 24.2 Å². The summed E-state index contributed by atoms with van der Waals surface area (Å²) < 4.78 is 70.1. The molecule has 0 bridgehead atoms. The van der Waals surface area contributed by atoms with Gasteiger partial charge in [0.1, 0.15) is 12.3 Å². The molecule has 3 rings (SSSR count). The van der Waals surface area contributed by atoms with Gasteiger partial charge in [-0.25, -0.2) is 8.42 Å². The second-order valence-electron chi connectivity index (χ2n) is 7.14. The van der Waals surface area contributed by atoms with E-state index >= 15 is 0 Å². The monoisotopic (exact) mass is 479 g/mol. The van der Waals surface area contributed by atoms with Crippen LogP contribution in [0.2, 0.25) is 0 Å². The molecule has 0 saturated heterocycles. The fourth-order valence-electron chi connectivity index (χ4n) is 3.41. The molecule has 2 aromatic carbocycles. The van der Waals surface area contributed by atoms with Gasteiger partial charge in [-0.05, 0) is 36.3 Å². The molecule has 1 aromatic heterocycles. The van der Waals surface area contributed by atoms with Crippen LogP contribution < -0.4 is 15.4 Å². The van der Waals surface area contributed by atoms with Gasteiger partial charge >= 0.3 is 6.18 Å². The lowest BCUT2D eigenvalue weighted by Gasteiger charge is -2.12. The number of rotatable bonds is 7. The van der Waals surface area contributed by atoms with E-state index < -0.39 is 22.6 Å². The third-order valence-corrected chi connectivity index (χ3v) is 6.78. The van der Waals surface area contributed by atoms with Crippen molar-refractivity contribution in [1.29, 1.82) is 0 Å². The fourth-order valence-corrected chi connectivity index (χ4v) is 4.30. The molecule has 0 fully saturated rings. The van der Waals surface area contributed by atoms with Crippen LogP contribution in [0.25, 0.3) is 10.9 Å². The van der Waals surface area contributed by atoms with E-state index in [-0.39, 0.29) is 22.9 Å². The molecule has 2 N–H and O–H groups in total. The van der Waals surface area contributed by atoms with E-state index in [2.05, 4.69) is 22.5 Å². The Morgan fingerprint density at radius 2 is 1.88 bits per heavy atom. The van der Waals surface area contributed by atoms with Gasteiger partial charge in [-0.1, -0.05) is 18.9 Å². The maximum absolute atomic E-state index is 13.2. The molecule has 0 amide bonds. The second-order valence-corrected chi connectivity index (χ2v) is 9.42. The lowest BCUT2D eigenvalue weighted by Crippen LogP contribution is -2.18. The van der Waals surface area contributed by atoms with Gasteiger partial charge in [0.05, 0.1) is 41.2 Å². The molecule has 0 saturated carbocycles. The number of anilines is 2. The summed E-state index contributed by atoms with van der Waals surface area (Å²) in [7, 11) is -0.259. The highest BCUT2D eigenvalue weighted by Crippen LogP contribution is 2.30. The Labute approximate surface area is 190 Å². The molecule has 1 heterocycles. The molecule has 6 nitrogen and oxygen atoms in total. The Kier molecular flexibility index (Phi) is 7.12. The van der Waals surface area contributed by atoms with Gasteiger partial charge in [0.25, 0.3) is 0 Å². The van der Waals surface area contributed by atoms with Gasteiger partial charge < -0.3 is 19.9 Å². The van der Waals surface area contributed by atoms with Crippen molar-refractivity contribution in [3.8, 4) is 17.6 Å². The number of nitrogens with one attached hydrogen (secondary N) is 2. The van der Waals surface area contributed by atoms with Gasteiger partial charge in [0.15, 0.2) is 9.84 Å². The van der Waals surface area contributed by atoms with Gasteiger partial charge in [-0.3, -0.25) is 0 Å². The smallest absolute Gasteiger partial charge is 0.406 e. The Morgan fingerprint density at radius 3 is 2.52 bits per heavy atom. The molecule has 0 atom stereocenters. The van der Waals surface area contributed by atoms with Crippen LogP contribution in [0.15, 0.2) is 47.4 Å². The SMILES string of the molecule is CCS(=O)(=O)c1ccc(NCC#Cc2cc3c(NC)cccc3n2CC(F)(F)F)c(OC)c1. The zero-order chi connectivity index (χ0) is 24.2. The Bertz CT molecular complexity index is 1320. The highest BCUT2D eigenvalue weighted by atomic mass is 32.2. The predicted octanol–water partition coefficient (Wildman–Crippen LogP) is 4.51. The largest absolute Gasteiger partial charge is 0.495 e. The van der Waals surface area contributed by atoms with E-state index in [9.17, 15) is 21.6 Å². The van der Waals surface area contributed by atoms with E-state index in [0.717, 1.165) is 4.57 Å². The van der Waals surface area contributed by atoms with Crippen molar-refractivity contribution in [2.45, 2.75) is 24.5 Å². The number of methoxy groups -OCH3 is 1. The van der Waals surface area contributed by atoms with Gasteiger partial charge in [-0.15, -0.1) is 0 Å². The summed E-state index contributed by atoms with van der Waals surface area (Å²) in [6, 6.07) is 11.2. The number of sulfone groups is 1. The number of aromatic nitrogens is 1. The first-order valence-electron chi connectivity index (χ1n) is 10.1. The first-order valence-corrected chi connectivity index (χ1v) is 11.7. The molecule has 0 aliphatic heterocycles. The first-order chi connectivity index (χ1) is 15.6. The number of ether oxygens (including phenoxy) is 1. The normalized spacial score (nSPS) is 11.7. The first kappa shape index (κ1) is 24.3. The molecule has 0 radical (unpaired) electrons. The van der Waals surface area contributed by atoms with E-state index in [4.69, 9.17) is 4.74 Å². The van der Waals surface area contributed by atoms with Crippen molar-refractivity contribution in [3.63, 3.8) is 0 Å². The molecule has 0 unspecified atom stereocenters. The van der Waals surface area contributed by atoms with Crippen molar-refractivity contribution in [1.82, 2.24) is 4.57 Å². The Hall–Kier alpha value is -3.32. The lowest BCUT2D eigenvalue weighted by molar-refractivity contribution is -0.140. The number of nitrogens with zero attached hydrogens (tertiary/aromatic N) is 1. The van der Waals surface area contributed by atoms with Crippen LogP contribution >= 0.6 is 0 Å². The van der Waals surface area contributed by atoms with Gasteiger partial charge in [0.2, 0.25) is 0 Å². The zero-order valence-electron chi connectivity index (χ0n) is 18.4. The van der Waals surface area contributed by atoms with E-state index in [1.54, 1.807) is 44.3 Å². The minimum Gasteiger partial charge on any atom is -0.495 e. The molecule has 10 heteroatoms. The van der Waals surface area contributed by atoms with Crippen molar-refractivity contribution in [2.24, 2.45) is 0 Å². The van der Waals surface area contributed by atoms with Crippen molar-refractivity contribution < 1.29 is 26.3 Å². The second kappa shape index (κ2) is 9.67. The molecule has 0 aliphatic carbocycles. The molecular formula is C23H24F3N3O3S. The molecular weight excluding hydrogens is 455 g/mol. The van der Waals surface area contributed by atoms with Crippen LogP contribution in [0.3, 0.4) is 0 Å². The quantitative estimate of drug-likeness (QED) is 0.488. The predicted molar refractivity (Wildman–Crippen MR) is 124 cm³/mol. The highest BCUT2D eigenvalue weighted by molar-refractivity contribution is 7.91. The third kappa shape index (κ3) is 5.54. The maximum Gasteiger partial charge on any atom is 0.406 e. The number of hydrogen-bond donors (Lipinski definition) is 2. The molecule has 0 aliphatic rings. The number of alkyl halides is 3. The van der Waals surface area contributed by atoms with Crippen LogP contribution in [0.1, 0.15) is 12.6 Å². The fraction of sp³-hybridized carbons (Fsp3) is 0.304. The minimum atomic E-state index is -4.40. The van der Waals surface area contributed by atoms with Gasteiger partial charge in [-0.2, -0.15) is 13.2 Å². The van der Waals surface area contributed by atoms with E-state index in [1.165, 1.54) is 19.2 Å². The summed E-state index contributed by atoms with van der Waals surface area (Å²) in [5.74, 6) is 5.95. The Morgan fingerprint density at radius 1 is 1.12 bits per heavy atom. The lowest BCUT2D eigenvalue weighted by atomic mass is 10.2. The molecule has 3 aromatic rings. The zero-order valence-corrected chi connectivity index (χ0v) is 19.2. The summed E-state index contributed by atoms with van der Waals surface area (Å²) in [5, 5.41) is 6.65. The van der Waals surface area contributed by atoms with Crippen LogP contribution in [-0.2, 0) is 16.4 Å². The average Bonchev–Trinajstić information content (AvgIpc) is 3.12. The van der Waals surface area contributed by atoms with Crippen LogP contribution in [0.4, 0.5) is 24.5 Å². The molecule has 176 valence electrons. The maximum atomic E-state index is 13.2.